The predicted octanol–water partition coefficient (Wildman–Crippen LogP) is 4.30. The lowest BCUT2D eigenvalue weighted by Crippen LogP contribution is -2.25. The Morgan fingerprint density at radius 1 is 0.920 bits per heavy atom. The van der Waals surface area contributed by atoms with Crippen molar-refractivity contribution >= 4 is 12.2 Å². The molecule has 0 radical (unpaired) electrons. The van der Waals surface area contributed by atoms with E-state index in [9.17, 15) is 0 Å². The van der Waals surface area contributed by atoms with E-state index in [0.29, 0.717) is 19.8 Å². The second-order valence-corrected chi connectivity index (χ2v) is 6.02. The van der Waals surface area contributed by atoms with Crippen molar-refractivity contribution in [2.75, 3.05) is 33.5 Å². The molecule has 1 aliphatic carbocycles. The topological polar surface area (TPSA) is 30.5 Å². The number of ether oxygens (including phenoxy) is 2. The zero-order chi connectivity index (χ0) is 17.6. The molecule has 3 rings (SSSR count). The number of benzene rings is 2. The smallest absolute Gasteiger partial charge is 0.0700 e. The molecule has 1 N–H and O–H groups in total. The van der Waals surface area contributed by atoms with Crippen molar-refractivity contribution in [1.82, 2.24) is 5.32 Å². The Morgan fingerprint density at radius 2 is 1.52 bits per heavy atom. The zero-order valence-electron chi connectivity index (χ0n) is 14.8. The SMILES string of the molecule is C=Cc1cccc2c1-c1c(C=C)cccc1C2NCCOCCOC. The van der Waals surface area contributed by atoms with Gasteiger partial charge in [-0.25, -0.2) is 0 Å². The summed E-state index contributed by atoms with van der Waals surface area (Å²) in [6.07, 6.45) is 3.86. The maximum absolute atomic E-state index is 5.58. The van der Waals surface area contributed by atoms with E-state index in [0.717, 1.165) is 17.7 Å². The minimum Gasteiger partial charge on any atom is -0.382 e. The standard InChI is InChI=1S/C22H25NO2/c1-4-16-8-6-10-18-20(16)21-17(5-2)9-7-11-19(21)22(18)23-12-13-25-15-14-24-3/h4-11,22-23H,1-2,12-15H2,3H3. The van der Waals surface area contributed by atoms with E-state index in [-0.39, 0.29) is 6.04 Å². The van der Waals surface area contributed by atoms with Crippen molar-refractivity contribution in [1.29, 1.82) is 0 Å². The normalized spacial score (nSPS) is 12.7. The summed E-state index contributed by atoms with van der Waals surface area (Å²) < 4.78 is 10.6. The van der Waals surface area contributed by atoms with Gasteiger partial charge < -0.3 is 14.8 Å². The maximum atomic E-state index is 5.58. The van der Waals surface area contributed by atoms with Crippen molar-refractivity contribution in [2.45, 2.75) is 6.04 Å². The van der Waals surface area contributed by atoms with Gasteiger partial charge in [-0.15, -0.1) is 0 Å². The third kappa shape index (κ3) is 3.45. The number of methoxy groups -OCH3 is 1. The van der Waals surface area contributed by atoms with Crippen LogP contribution in [0.3, 0.4) is 0 Å². The average Bonchev–Trinajstić information content (AvgIpc) is 2.98. The first-order chi connectivity index (χ1) is 12.3. The van der Waals surface area contributed by atoms with Gasteiger partial charge in [-0.05, 0) is 33.4 Å². The molecule has 0 saturated carbocycles. The summed E-state index contributed by atoms with van der Waals surface area (Å²) in [6.45, 7) is 10.7. The minimum absolute atomic E-state index is 0.163. The summed E-state index contributed by atoms with van der Waals surface area (Å²) in [5.41, 5.74) is 7.43. The van der Waals surface area contributed by atoms with Crippen molar-refractivity contribution in [3.63, 3.8) is 0 Å². The molecule has 0 aromatic heterocycles. The Hall–Kier alpha value is -2.20. The van der Waals surface area contributed by atoms with Gasteiger partial charge in [0.25, 0.3) is 0 Å². The zero-order valence-corrected chi connectivity index (χ0v) is 14.8. The molecular formula is C22H25NO2. The lowest BCUT2D eigenvalue weighted by molar-refractivity contribution is 0.0714. The van der Waals surface area contributed by atoms with Gasteiger partial charge in [0.15, 0.2) is 0 Å². The highest BCUT2D eigenvalue weighted by Gasteiger charge is 2.30. The van der Waals surface area contributed by atoms with E-state index in [1.165, 1.54) is 22.3 Å². The van der Waals surface area contributed by atoms with Crippen LogP contribution in [-0.4, -0.2) is 33.5 Å². The summed E-state index contributed by atoms with van der Waals surface area (Å²) in [4.78, 5) is 0. The highest BCUT2D eigenvalue weighted by Crippen LogP contribution is 2.47. The van der Waals surface area contributed by atoms with Crippen LogP contribution < -0.4 is 5.32 Å². The van der Waals surface area contributed by atoms with Gasteiger partial charge in [0.2, 0.25) is 0 Å². The number of fused-ring (bicyclic) bond motifs is 3. The first kappa shape index (κ1) is 17.6. The van der Waals surface area contributed by atoms with E-state index in [1.807, 2.05) is 12.2 Å². The molecule has 0 bridgehead atoms. The molecule has 0 unspecified atom stereocenters. The van der Waals surface area contributed by atoms with Crippen molar-refractivity contribution in [2.24, 2.45) is 0 Å². The quantitative estimate of drug-likeness (QED) is 0.693. The first-order valence-corrected chi connectivity index (χ1v) is 8.63. The summed E-state index contributed by atoms with van der Waals surface area (Å²) in [5, 5.41) is 3.64. The molecule has 0 heterocycles. The molecule has 0 aliphatic heterocycles. The van der Waals surface area contributed by atoms with Gasteiger partial charge in [0.05, 0.1) is 25.9 Å². The molecule has 25 heavy (non-hydrogen) atoms. The van der Waals surface area contributed by atoms with Crippen molar-refractivity contribution < 1.29 is 9.47 Å². The lowest BCUT2D eigenvalue weighted by atomic mass is 9.95. The van der Waals surface area contributed by atoms with Gasteiger partial charge in [0.1, 0.15) is 0 Å². The van der Waals surface area contributed by atoms with Crippen molar-refractivity contribution in [3.05, 3.63) is 71.8 Å². The van der Waals surface area contributed by atoms with Gasteiger partial charge in [0, 0.05) is 13.7 Å². The number of nitrogens with one attached hydrogen (secondary N) is 1. The Morgan fingerprint density at radius 3 is 2.04 bits per heavy atom. The highest BCUT2D eigenvalue weighted by molar-refractivity contribution is 5.90. The summed E-state index contributed by atoms with van der Waals surface area (Å²) >= 11 is 0. The molecule has 0 amide bonds. The minimum atomic E-state index is 0.163. The van der Waals surface area contributed by atoms with Crippen LogP contribution in [-0.2, 0) is 9.47 Å². The van der Waals surface area contributed by atoms with Crippen LogP contribution in [0.4, 0.5) is 0 Å². The van der Waals surface area contributed by atoms with E-state index >= 15 is 0 Å². The Bertz CT molecular complexity index is 709. The number of hydrogen-bond donors (Lipinski definition) is 1. The first-order valence-electron chi connectivity index (χ1n) is 8.63. The van der Waals surface area contributed by atoms with E-state index in [1.54, 1.807) is 7.11 Å². The summed E-state index contributed by atoms with van der Waals surface area (Å²) in [6, 6.07) is 13.0. The van der Waals surface area contributed by atoms with Crippen LogP contribution in [0.1, 0.15) is 28.3 Å². The second-order valence-electron chi connectivity index (χ2n) is 6.02. The number of rotatable bonds is 9. The molecule has 2 aromatic rings. The Labute approximate surface area is 150 Å². The largest absolute Gasteiger partial charge is 0.382 e. The monoisotopic (exact) mass is 335 g/mol. The molecule has 2 aromatic carbocycles. The third-order valence-corrected chi connectivity index (χ3v) is 4.60. The van der Waals surface area contributed by atoms with E-state index < -0.39 is 0 Å². The molecule has 3 nitrogen and oxygen atoms in total. The average molecular weight is 335 g/mol. The fourth-order valence-electron chi connectivity index (χ4n) is 3.48. The fourth-order valence-corrected chi connectivity index (χ4v) is 3.48. The molecule has 1 aliphatic rings. The summed E-state index contributed by atoms with van der Waals surface area (Å²) in [5.74, 6) is 0. The van der Waals surface area contributed by atoms with Crippen LogP contribution in [0.2, 0.25) is 0 Å². The lowest BCUT2D eigenvalue weighted by Gasteiger charge is -2.16. The highest BCUT2D eigenvalue weighted by atomic mass is 16.5. The molecule has 0 fully saturated rings. The molecular weight excluding hydrogens is 310 g/mol. The van der Waals surface area contributed by atoms with Crippen LogP contribution in [0.15, 0.2) is 49.6 Å². The van der Waals surface area contributed by atoms with Crippen LogP contribution in [0, 0.1) is 0 Å². The molecule has 0 spiro atoms. The molecule has 0 saturated heterocycles. The summed E-state index contributed by atoms with van der Waals surface area (Å²) in [7, 11) is 1.68. The van der Waals surface area contributed by atoms with Gasteiger partial charge in [-0.2, -0.15) is 0 Å². The number of hydrogen-bond acceptors (Lipinski definition) is 3. The van der Waals surface area contributed by atoms with E-state index in [2.05, 4.69) is 54.9 Å². The predicted molar refractivity (Wildman–Crippen MR) is 105 cm³/mol. The van der Waals surface area contributed by atoms with Gasteiger partial charge in [-0.1, -0.05) is 61.7 Å². The second kappa shape index (κ2) is 8.26. The van der Waals surface area contributed by atoms with Crippen LogP contribution in [0.5, 0.6) is 0 Å². The molecule has 130 valence electrons. The van der Waals surface area contributed by atoms with E-state index in [4.69, 9.17) is 9.47 Å². The van der Waals surface area contributed by atoms with Crippen molar-refractivity contribution in [3.8, 4) is 11.1 Å². The Balaban J connectivity index is 1.89. The fraction of sp³-hybridized carbons (Fsp3) is 0.273. The Kier molecular flexibility index (Phi) is 5.82. The molecule has 0 atom stereocenters. The van der Waals surface area contributed by atoms with Gasteiger partial charge in [-0.3, -0.25) is 0 Å². The maximum Gasteiger partial charge on any atom is 0.0700 e. The van der Waals surface area contributed by atoms with Gasteiger partial charge >= 0.3 is 0 Å². The van der Waals surface area contributed by atoms with Crippen LogP contribution >= 0.6 is 0 Å². The molecule has 3 heteroatoms. The van der Waals surface area contributed by atoms with Crippen LogP contribution in [0.25, 0.3) is 23.3 Å². The third-order valence-electron chi connectivity index (χ3n) is 4.60.